The maximum atomic E-state index is 13.2. The van der Waals surface area contributed by atoms with Gasteiger partial charge < -0.3 is 25.0 Å². The van der Waals surface area contributed by atoms with Crippen LogP contribution in [-0.2, 0) is 24.2 Å². The summed E-state index contributed by atoms with van der Waals surface area (Å²) in [6.07, 6.45) is 1.37. The number of carbonyl (C=O) groups excluding carboxylic acids is 2. The molecule has 37 heavy (non-hydrogen) atoms. The van der Waals surface area contributed by atoms with Crippen molar-refractivity contribution in [2.75, 3.05) is 45.4 Å². The Morgan fingerprint density at radius 1 is 1.05 bits per heavy atom. The summed E-state index contributed by atoms with van der Waals surface area (Å²) in [5, 5.41) is 0. The fourth-order valence-corrected chi connectivity index (χ4v) is 6.52. The molecule has 0 aromatic heterocycles. The smallest absolute Gasteiger partial charge is 0.244 e. The minimum atomic E-state index is -3.98. The number of carbonyl (C=O) groups is 2. The van der Waals surface area contributed by atoms with Crippen LogP contribution in [0, 0.1) is 0 Å². The van der Waals surface area contributed by atoms with Crippen LogP contribution in [0.15, 0.2) is 59.5 Å². The maximum absolute atomic E-state index is 13.2. The molecule has 9 nitrogen and oxygen atoms in total. The molecule has 1 aliphatic rings. The zero-order chi connectivity index (χ0) is 27.1. The number of nitrogens with two attached hydrogens (primary N) is 1. The zero-order valence-corrected chi connectivity index (χ0v) is 22.6. The molecule has 1 heterocycles. The van der Waals surface area contributed by atoms with Gasteiger partial charge in [0.15, 0.2) is 14.6 Å². The van der Waals surface area contributed by atoms with Crippen molar-refractivity contribution < 1.29 is 27.5 Å². The van der Waals surface area contributed by atoms with Crippen LogP contribution in [0.2, 0.25) is 0 Å². The van der Waals surface area contributed by atoms with Crippen molar-refractivity contribution in [3.05, 3.63) is 54.6 Å². The number of sulfone groups is 1. The number of likely N-dealkylation sites (N-methyl/N-ethyl adjacent to an activating group) is 2. The topological polar surface area (TPSA) is 119 Å². The van der Waals surface area contributed by atoms with E-state index in [-0.39, 0.29) is 42.9 Å². The lowest BCUT2D eigenvalue weighted by Gasteiger charge is -2.33. The number of hydrogen-bond acceptors (Lipinski definition) is 7. The fourth-order valence-electron chi connectivity index (χ4n) is 4.60. The highest BCUT2D eigenvalue weighted by atomic mass is 32.2. The first-order chi connectivity index (χ1) is 17.6. The molecule has 1 saturated heterocycles. The van der Waals surface area contributed by atoms with Gasteiger partial charge in [0, 0.05) is 39.5 Å². The van der Waals surface area contributed by atoms with Crippen molar-refractivity contribution in [3.8, 4) is 5.75 Å². The Morgan fingerprint density at radius 3 is 2.24 bits per heavy atom. The highest BCUT2D eigenvalue weighted by Gasteiger charge is 2.51. The Bertz CT molecular complexity index is 1150. The highest BCUT2D eigenvalue weighted by Crippen LogP contribution is 2.35. The monoisotopic (exact) mass is 531 g/mol. The van der Waals surface area contributed by atoms with E-state index in [2.05, 4.69) is 0 Å². The van der Waals surface area contributed by atoms with Crippen LogP contribution in [-0.4, -0.2) is 76.4 Å². The van der Waals surface area contributed by atoms with Crippen LogP contribution in [0.3, 0.4) is 0 Å². The van der Waals surface area contributed by atoms with Crippen LogP contribution < -0.4 is 15.4 Å². The Labute approximate surface area is 219 Å². The van der Waals surface area contributed by atoms with Gasteiger partial charge >= 0.3 is 0 Å². The van der Waals surface area contributed by atoms with E-state index in [1.54, 1.807) is 24.1 Å². The number of ether oxygens (including phenoxy) is 2. The summed E-state index contributed by atoms with van der Waals surface area (Å²) in [5.74, 6) is -0.307. The van der Waals surface area contributed by atoms with Crippen LogP contribution in [0.1, 0.15) is 32.6 Å². The number of rotatable bonds is 12. The molecule has 1 atom stereocenters. The minimum absolute atomic E-state index is 0.0269. The molecular formula is C27H37N3O6S. The summed E-state index contributed by atoms with van der Waals surface area (Å²) in [6, 6.07) is 15.6. The first-order valence-corrected chi connectivity index (χ1v) is 14.0. The van der Waals surface area contributed by atoms with Crippen molar-refractivity contribution in [2.24, 2.45) is 5.73 Å². The van der Waals surface area contributed by atoms with Gasteiger partial charge in [-0.15, -0.1) is 0 Å². The van der Waals surface area contributed by atoms with Crippen LogP contribution >= 0.6 is 0 Å². The average molecular weight is 532 g/mol. The third-order valence-corrected chi connectivity index (χ3v) is 9.51. The highest BCUT2D eigenvalue weighted by molar-refractivity contribution is 7.93. The lowest BCUT2D eigenvalue weighted by Crippen LogP contribution is -2.53. The van der Waals surface area contributed by atoms with Crippen molar-refractivity contribution >= 4 is 27.3 Å². The van der Waals surface area contributed by atoms with Crippen LogP contribution in [0.5, 0.6) is 5.75 Å². The summed E-state index contributed by atoms with van der Waals surface area (Å²) >= 11 is 0. The Kier molecular flexibility index (Phi) is 9.56. The SMILES string of the molecule is CCC(C(=O)N(C)CCCOc1ccc(S(=O)(=O)C2(C(N)=O)CCOCC2)cc1)N(C)c1ccccc1. The minimum Gasteiger partial charge on any atom is -0.494 e. The summed E-state index contributed by atoms with van der Waals surface area (Å²) in [4.78, 5) is 28.9. The Morgan fingerprint density at radius 2 is 1.68 bits per heavy atom. The molecule has 202 valence electrons. The number of hydrogen-bond donors (Lipinski definition) is 1. The quantitative estimate of drug-likeness (QED) is 0.418. The van der Waals surface area contributed by atoms with Gasteiger partial charge in [-0.25, -0.2) is 8.42 Å². The molecule has 2 aromatic carbocycles. The Balaban J connectivity index is 1.53. The molecular weight excluding hydrogens is 494 g/mol. The largest absolute Gasteiger partial charge is 0.494 e. The second-order valence-electron chi connectivity index (χ2n) is 9.28. The first-order valence-electron chi connectivity index (χ1n) is 12.5. The molecule has 0 bridgehead atoms. The zero-order valence-electron chi connectivity index (χ0n) is 21.8. The molecule has 2 amide bonds. The first kappa shape index (κ1) is 28.5. The number of nitrogens with zero attached hydrogens (tertiary/aromatic N) is 2. The summed E-state index contributed by atoms with van der Waals surface area (Å²) < 4.78 is 35.8. The van der Waals surface area contributed by atoms with E-state index in [4.69, 9.17) is 15.2 Å². The van der Waals surface area contributed by atoms with E-state index >= 15 is 0 Å². The predicted molar refractivity (Wildman–Crippen MR) is 142 cm³/mol. The van der Waals surface area contributed by atoms with E-state index < -0.39 is 20.5 Å². The van der Waals surface area contributed by atoms with E-state index in [9.17, 15) is 18.0 Å². The molecule has 0 radical (unpaired) electrons. The van der Waals surface area contributed by atoms with Gasteiger partial charge in [-0.2, -0.15) is 0 Å². The normalized spacial score (nSPS) is 16.0. The van der Waals surface area contributed by atoms with Gasteiger partial charge in [-0.3, -0.25) is 9.59 Å². The van der Waals surface area contributed by atoms with Crippen molar-refractivity contribution in [1.29, 1.82) is 0 Å². The standard InChI is InChI=1S/C27H37N3O6S/c1-4-24(30(3)21-9-6-5-7-10-21)25(31)29(2)17-8-18-36-22-11-13-23(14-12-22)37(33,34)27(26(28)32)15-19-35-20-16-27/h5-7,9-14,24H,4,8,15-20H2,1-3H3,(H2,28,32). The summed E-state index contributed by atoms with van der Waals surface area (Å²) in [5.41, 5.74) is 6.52. The number of anilines is 1. The molecule has 2 N–H and O–H groups in total. The van der Waals surface area contributed by atoms with Crippen LogP contribution in [0.4, 0.5) is 5.69 Å². The van der Waals surface area contributed by atoms with E-state index in [0.717, 1.165) is 5.69 Å². The summed E-state index contributed by atoms with van der Waals surface area (Å²) in [6.45, 7) is 3.21. The lowest BCUT2D eigenvalue weighted by atomic mass is 9.98. The maximum Gasteiger partial charge on any atom is 0.244 e. The molecule has 1 aliphatic heterocycles. The number of benzene rings is 2. The molecule has 0 spiro atoms. The van der Waals surface area contributed by atoms with E-state index in [1.165, 1.54) is 12.1 Å². The van der Waals surface area contributed by atoms with Gasteiger partial charge in [0.1, 0.15) is 11.8 Å². The van der Waals surface area contributed by atoms with Gasteiger partial charge in [0.25, 0.3) is 0 Å². The molecule has 3 rings (SSSR count). The van der Waals surface area contributed by atoms with Gasteiger partial charge in [0.2, 0.25) is 11.8 Å². The molecule has 1 unspecified atom stereocenters. The van der Waals surface area contributed by atoms with Gasteiger partial charge in [0.05, 0.1) is 11.5 Å². The second-order valence-corrected chi connectivity index (χ2v) is 11.5. The number of primary amides is 1. The summed E-state index contributed by atoms with van der Waals surface area (Å²) in [7, 11) is -0.270. The van der Waals surface area contributed by atoms with Crippen molar-refractivity contribution in [2.45, 2.75) is 48.3 Å². The Hall–Kier alpha value is -3.11. The molecule has 0 aliphatic carbocycles. The number of para-hydroxylation sites is 1. The third kappa shape index (κ3) is 6.24. The van der Waals surface area contributed by atoms with E-state index in [1.807, 2.05) is 49.2 Å². The lowest BCUT2D eigenvalue weighted by molar-refractivity contribution is -0.131. The van der Waals surface area contributed by atoms with Crippen LogP contribution in [0.25, 0.3) is 0 Å². The van der Waals surface area contributed by atoms with E-state index in [0.29, 0.717) is 31.7 Å². The van der Waals surface area contributed by atoms with Gasteiger partial charge in [-0.05, 0) is 62.1 Å². The molecule has 10 heteroatoms. The molecule has 2 aromatic rings. The third-order valence-electron chi connectivity index (χ3n) is 6.98. The average Bonchev–Trinajstić information content (AvgIpc) is 2.92. The predicted octanol–water partition coefficient (Wildman–Crippen LogP) is 2.64. The van der Waals surface area contributed by atoms with Crippen molar-refractivity contribution in [3.63, 3.8) is 0 Å². The number of amides is 2. The van der Waals surface area contributed by atoms with Crippen molar-refractivity contribution in [1.82, 2.24) is 4.90 Å². The molecule has 1 fully saturated rings. The molecule has 0 saturated carbocycles. The van der Waals surface area contributed by atoms with Gasteiger partial charge in [-0.1, -0.05) is 25.1 Å². The second kappa shape index (κ2) is 12.4. The fraction of sp³-hybridized carbons (Fsp3) is 0.481.